The van der Waals surface area contributed by atoms with Gasteiger partial charge in [-0.1, -0.05) is 18.2 Å². The average Bonchev–Trinajstić information content (AvgIpc) is 2.81. The molecule has 1 fully saturated rings. The summed E-state index contributed by atoms with van der Waals surface area (Å²) >= 11 is 0. The maximum atomic E-state index is 11.4. The van der Waals surface area contributed by atoms with Crippen LogP contribution in [0.2, 0.25) is 0 Å². The van der Waals surface area contributed by atoms with Gasteiger partial charge in [0.1, 0.15) is 12.5 Å². The predicted octanol–water partition coefficient (Wildman–Crippen LogP) is 0.923. The lowest BCUT2D eigenvalue weighted by Crippen LogP contribution is -2.57. The van der Waals surface area contributed by atoms with E-state index in [1.165, 1.54) is 0 Å². The fraction of sp³-hybridized carbons (Fsp3) is 0.214. The first kappa shape index (κ1) is 12.4. The zero-order chi connectivity index (χ0) is 14.3. The standard InChI is InChI=1S/C14H12N2O4/c17-12-6-13(18)16(12)11(14(19)20)5-8-7-15-10-4-2-1-3-9(8)10/h1-4,7,11,15H,5-6H2,(H,19,20). The Morgan fingerprint density at radius 1 is 1.30 bits per heavy atom. The Balaban J connectivity index is 1.92. The van der Waals surface area contributed by atoms with E-state index in [4.69, 9.17) is 0 Å². The first-order valence-corrected chi connectivity index (χ1v) is 6.20. The number of hydrogen-bond acceptors (Lipinski definition) is 3. The number of carbonyl (C=O) groups is 3. The van der Waals surface area contributed by atoms with Gasteiger partial charge in [-0.05, 0) is 11.6 Å². The summed E-state index contributed by atoms with van der Waals surface area (Å²) in [6.07, 6.45) is 1.63. The molecule has 1 unspecified atom stereocenters. The summed E-state index contributed by atoms with van der Waals surface area (Å²) in [7, 11) is 0. The van der Waals surface area contributed by atoms with Gasteiger partial charge in [-0.3, -0.25) is 14.5 Å². The van der Waals surface area contributed by atoms with Gasteiger partial charge in [0, 0.05) is 23.5 Å². The van der Waals surface area contributed by atoms with Crippen molar-refractivity contribution in [3.8, 4) is 0 Å². The Hall–Kier alpha value is -2.63. The van der Waals surface area contributed by atoms with Gasteiger partial charge in [-0.2, -0.15) is 0 Å². The Labute approximate surface area is 114 Å². The van der Waals surface area contributed by atoms with Crippen LogP contribution in [0.3, 0.4) is 0 Å². The van der Waals surface area contributed by atoms with Crippen molar-refractivity contribution in [1.29, 1.82) is 0 Å². The van der Waals surface area contributed by atoms with Crippen LogP contribution in [0.4, 0.5) is 0 Å². The van der Waals surface area contributed by atoms with Gasteiger partial charge in [0.25, 0.3) is 0 Å². The molecule has 1 aromatic carbocycles. The number of benzene rings is 1. The van der Waals surface area contributed by atoms with Crippen molar-refractivity contribution in [2.45, 2.75) is 18.9 Å². The Morgan fingerprint density at radius 3 is 2.65 bits per heavy atom. The maximum absolute atomic E-state index is 11.4. The molecule has 6 nitrogen and oxygen atoms in total. The molecule has 1 aromatic heterocycles. The van der Waals surface area contributed by atoms with Gasteiger partial charge in [-0.15, -0.1) is 0 Å². The molecular formula is C14H12N2O4. The zero-order valence-corrected chi connectivity index (χ0v) is 10.5. The third kappa shape index (κ3) is 1.85. The molecule has 1 saturated heterocycles. The van der Waals surface area contributed by atoms with Crippen LogP contribution in [-0.4, -0.2) is 38.8 Å². The molecule has 1 aliphatic heterocycles. The van der Waals surface area contributed by atoms with Crippen LogP contribution in [0.15, 0.2) is 30.5 Å². The van der Waals surface area contributed by atoms with Crippen LogP contribution >= 0.6 is 0 Å². The molecule has 20 heavy (non-hydrogen) atoms. The van der Waals surface area contributed by atoms with Crippen LogP contribution in [0, 0.1) is 0 Å². The first-order chi connectivity index (χ1) is 9.58. The lowest BCUT2D eigenvalue weighted by atomic mass is 10.00. The molecule has 2 amide bonds. The molecule has 3 rings (SSSR count). The minimum atomic E-state index is -1.17. The molecule has 6 heteroatoms. The number of β-lactam (4-membered cyclic amide) rings is 2. The molecule has 0 aliphatic carbocycles. The number of aromatic nitrogens is 1. The highest BCUT2D eigenvalue weighted by Crippen LogP contribution is 2.23. The maximum Gasteiger partial charge on any atom is 0.327 e. The highest BCUT2D eigenvalue weighted by atomic mass is 16.4. The summed E-state index contributed by atoms with van der Waals surface area (Å²) in [6.45, 7) is 0. The van der Waals surface area contributed by atoms with Crippen molar-refractivity contribution in [2.75, 3.05) is 0 Å². The van der Waals surface area contributed by atoms with Gasteiger partial charge in [-0.25, -0.2) is 4.79 Å². The third-order valence-corrected chi connectivity index (χ3v) is 3.52. The van der Waals surface area contributed by atoms with Crippen LogP contribution in [0.5, 0.6) is 0 Å². The molecule has 1 aliphatic rings. The number of nitrogens with zero attached hydrogens (tertiary/aromatic N) is 1. The number of aliphatic carboxylic acids is 1. The van der Waals surface area contributed by atoms with Crippen molar-refractivity contribution in [3.05, 3.63) is 36.0 Å². The number of rotatable bonds is 4. The Morgan fingerprint density at radius 2 is 2.00 bits per heavy atom. The zero-order valence-electron chi connectivity index (χ0n) is 10.5. The molecule has 2 aromatic rings. The first-order valence-electron chi connectivity index (χ1n) is 6.20. The third-order valence-electron chi connectivity index (χ3n) is 3.52. The highest BCUT2D eigenvalue weighted by Gasteiger charge is 2.43. The summed E-state index contributed by atoms with van der Waals surface area (Å²) in [5.74, 6) is -2.03. The summed E-state index contributed by atoms with van der Waals surface area (Å²) in [6, 6.07) is 6.35. The minimum Gasteiger partial charge on any atom is -0.480 e. The molecular weight excluding hydrogens is 260 g/mol. The molecule has 102 valence electrons. The van der Waals surface area contributed by atoms with Gasteiger partial charge >= 0.3 is 5.97 Å². The normalized spacial score (nSPS) is 16.3. The number of imide groups is 1. The van der Waals surface area contributed by atoms with Crippen LogP contribution < -0.4 is 0 Å². The number of amides is 2. The molecule has 2 heterocycles. The van der Waals surface area contributed by atoms with E-state index >= 15 is 0 Å². The number of carboxylic acids is 1. The van der Waals surface area contributed by atoms with E-state index in [0.717, 1.165) is 21.4 Å². The van der Waals surface area contributed by atoms with Crippen LogP contribution in [-0.2, 0) is 20.8 Å². The summed E-state index contributed by atoms with van der Waals surface area (Å²) in [4.78, 5) is 38.0. The number of para-hydroxylation sites is 1. The van der Waals surface area contributed by atoms with Gasteiger partial charge in [0.05, 0.1) is 0 Å². The van der Waals surface area contributed by atoms with E-state index in [0.29, 0.717) is 0 Å². The smallest absolute Gasteiger partial charge is 0.327 e. The van der Waals surface area contributed by atoms with E-state index < -0.39 is 23.8 Å². The second-order valence-corrected chi connectivity index (χ2v) is 4.75. The number of likely N-dealkylation sites (tertiary alicyclic amines) is 1. The van der Waals surface area contributed by atoms with E-state index in [1.54, 1.807) is 6.20 Å². The second kappa shape index (κ2) is 4.48. The van der Waals surface area contributed by atoms with Crippen LogP contribution in [0.25, 0.3) is 10.9 Å². The quantitative estimate of drug-likeness (QED) is 0.639. The second-order valence-electron chi connectivity index (χ2n) is 4.75. The molecule has 0 radical (unpaired) electrons. The lowest BCUT2D eigenvalue weighted by Gasteiger charge is -2.33. The number of aromatic amines is 1. The Kier molecular flexibility index (Phi) is 2.78. The van der Waals surface area contributed by atoms with Crippen molar-refractivity contribution in [2.24, 2.45) is 0 Å². The summed E-state index contributed by atoms with van der Waals surface area (Å²) in [5, 5.41) is 10.2. The van der Waals surface area contributed by atoms with Gasteiger partial charge < -0.3 is 10.1 Å². The topological polar surface area (TPSA) is 90.5 Å². The molecule has 0 bridgehead atoms. The summed E-state index contributed by atoms with van der Waals surface area (Å²) in [5.41, 5.74) is 1.67. The number of carbonyl (C=O) groups excluding carboxylic acids is 2. The fourth-order valence-electron chi connectivity index (χ4n) is 2.49. The minimum absolute atomic E-state index is 0.108. The molecule has 2 N–H and O–H groups in total. The molecule has 1 atom stereocenters. The van der Waals surface area contributed by atoms with Crippen molar-refractivity contribution < 1.29 is 19.5 Å². The van der Waals surface area contributed by atoms with Crippen molar-refractivity contribution in [1.82, 2.24) is 9.88 Å². The number of fused-ring (bicyclic) bond motifs is 1. The number of H-pyrrole nitrogens is 1. The Bertz CT molecular complexity index is 705. The molecule has 0 saturated carbocycles. The van der Waals surface area contributed by atoms with Crippen LogP contribution in [0.1, 0.15) is 12.0 Å². The van der Waals surface area contributed by atoms with E-state index in [2.05, 4.69) is 4.98 Å². The number of hydrogen-bond donors (Lipinski definition) is 2. The highest BCUT2D eigenvalue weighted by molar-refractivity contribution is 6.16. The monoisotopic (exact) mass is 272 g/mol. The van der Waals surface area contributed by atoms with Gasteiger partial charge in [0.15, 0.2) is 0 Å². The van der Waals surface area contributed by atoms with Crippen molar-refractivity contribution >= 4 is 28.7 Å². The SMILES string of the molecule is O=C(O)C(Cc1c[nH]c2ccccc12)N1C(=O)CC1=O. The average molecular weight is 272 g/mol. The largest absolute Gasteiger partial charge is 0.480 e. The fourth-order valence-corrected chi connectivity index (χ4v) is 2.49. The molecule has 0 spiro atoms. The number of carboxylic acid groups (broad SMARTS) is 1. The van der Waals surface area contributed by atoms with Gasteiger partial charge in [0.2, 0.25) is 11.8 Å². The van der Waals surface area contributed by atoms with E-state index in [9.17, 15) is 19.5 Å². The summed E-state index contributed by atoms with van der Waals surface area (Å²) < 4.78 is 0. The number of nitrogens with one attached hydrogen (secondary N) is 1. The lowest BCUT2D eigenvalue weighted by molar-refractivity contribution is -0.167. The predicted molar refractivity (Wildman–Crippen MR) is 69.9 cm³/mol. The van der Waals surface area contributed by atoms with E-state index in [1.807, 2.05) is 24.3 Å². The van der Waals surface area contributed by atoms with E-state index in [-0.39, 0.29) is 12.8 Å². The van der Waals surface area contributed by atoms with Crippen molar-refractivity contribution in [3.63, 3.8) is 0 Å².